The molecular formula is C13H18ClNO2. The fourth-order valence-electron chi connectivity index (χ4n) is 1.70. The third-order valence-electron chi connectivity index (χ3n) is 2.70. The Kier molecular flexibility index (Phi) is 5.45. The van der Waals surface area contributed by atoms with E-state index in [1.54, 1.807) is 0 Å². The zero-order chi connectivity index (χ0) is 12.8. The smallest absolute Gasteiger partial charge is 0.303 e. The number of hydrogen-bond acceptors (Lipinski definition) is 2. The fraction of sp³-hybridized carbons (Fsp3) is 0.462. The quantitative estimate of drug-likeness (QED) is 0.820. The minimum atomic E-state index is -0.752. The van der Waals surface area contributed by atoms with E-state index in [2.05, 4.69) is 12.2 Å². The van der Waals surface area contributed by atoms with E-state index < -0.39 is 5.97 Å². The lowest BCUT2D eigenvalue weighted by molar-refractivity contribution is -0.137. The monoisotopic (exact) mass is 255 g/mol. The van der Waals surface area contributed by atoms with Crippen LogP contribution in [0, 0.1) is 0 Å². The van der Waals surface area contributed by atoms with Crippen LogP contribution in [0.15, 0.2) is 24.3 Å². The fourth-order valence-corrected chi connectivity index (χ4v) is 1.82. The van der Waals surface area contributed by atoms with Gasteiger partial charge in [-0.15, -0.1) is 0 Å². The zero-order valence-electron chi connectivity index (χ0n) is 10.1. The third kappa shape index (κ3) is 5.20. The molecule has 0 radical (unpaired) electrons. The lowest BCUT2D eigenvalue weighted by Gasteiger charge is -2.19. The number of aliphatic carboxylic acids is 1. The summed E-state index contributed by atoms with van der Waals surface area (Å²) >= 11 is 5.82. The van der Waals surface area contributed by atoms with Gasteiger partial charge >= 0.3 is 5.97 Å². The molecule has 1 aromatic rings. The summed E-state index contributed by atoms with van der Waals surface area (Å²) in [5.74, 6) is -0.752. The Labute approximate surface area is 107 Å². The van der Waals surface area contributed by atoms with E-state index in [1.165, 1.54) is 0 Å². The summed E-state index contributed by atoms with van der Waals surface area (Å²) in [6.45, 7) is 4.05. The number of hydrogen-bond donors (Lipinski definition) is 2. The van der Waals surface area contributed by atoms with Crippen molar-refractivity contribution >= 4 is 17.6 Å². The Morgan fingerprint density at radius 3 is 2.47 bits per heavy atom. The van der Waals surface area contributed by atoms with Gasteiger partial charge in [0.15, 0.2) is 0 Å². The topological polar surface area (TPSA) is 49.3 Å². The predicted octanol–water partition coefficient (Wildman–Crippen LogP) is 3.24. The summed E-state index contributed by atoms with van der Waals surface area (Å²) in [5, 5.41) is 12.7. The van der Waals surface area contributed by atoms with Crippen LogP contribution >= 0.6 is 11.6 Å². The average molecular weight is 256 g/mol. The number of carbonyl (C=O) groups is 1. The number of benzene rings is 1. The SMILES string of the molecule is CC(CCC(=O)O)N[C@@H](C)c1ccc(Cl)cc1. The highest BCUT2D eigenvalue weighted by Crippen LogP contribution is 2.17. The molecule has 0 aliphatic carbocycles. The minimum absolute atomic E-state index is 0.178. The van der Waals surface area contributed by atoms with Crippen molar-refractivity contribution in [3.8, 4) is 0 Å². The molecular weight excluding hydrogens is 238 g/mol. The summed E-state index contributed by atoms with van der Waals surface area (Å²) in [4.78, 5) is 10.5. The molecule has 0 heterocycles. The van der Waals surface area contributed by atoms with Crippen molar-refractivity contribution in [3.63, 3.8) is 0 Å². The molecule has 1 aromatic carbocycles. The van der Waals surface area contributed by atoms with Gasteiger partial charge in [-0.2, -0.15) is 0 Å². The summed E-state index contributed by atoms with van der Waals surface area (Å²) in [6.07, 6.45) is 0.828. The molecule has 4 heteroatoms. The first-order chi connectivity index (χ1) is 7.99. The normalized spacial score (nSPS) is 14.3. The van der Waals surface area contributed by atoms with E-state index in [0.29, 0.717) is 6.42 Å². The summed E-state index contributed by atoms with van der Waals surface area (Å²) < 4.78 is 0. The molecule has 1 rings (SSSR count). The van der Waals surface area contributed by atoms with Crippen LogP contribution in [-0.4, -0.2) is 17.1 Å². The molecule has 0 aliphatic rings. The van der Waals surface area contributed by atoms with Crippen LogP contribution in [0.4, 0.5) is 0 Å². The van der Waals surface area contributed by atoms with Crippen LogP contribution in [0.2, 0.25) is 5.02 Å². The molecule has 0 bridgehead atoms. The van der Waals surface area contributed by atoms with Gasteiger partial charge in [-0.1, -0.05) is 23.7 Å². The third-order valence-corrected chi connectivity index (χ3v) is 2.95. The zero-order valence-corrected chi connectivity index (χ0v) is 10.9. The first kappa shape index (κ1) is 14.0. The molecule has 0 saturated heterocycles. The number of rotatable bonds is 6. The van der Waals surface area contributed by atoms with Crippen LogP contribution in [0.25, 0.3) is 0 Å². The van der Waals surface area contributed by atoms with Crippen molar-refractivity contribution in [3.05, 3.63) is 34.9 Å². The van der Waals surface area contributed by atoms with Crippen LogP contribution < -0.4 is 5.32 Å². The Hall–Kier alpha value is -1.06. The summed E-state index contributed by atoms with van der Waals surface area (Å²) in [5.41, 5.74) is 1.15. The average Bonchev–Trinajstić information content (AvgIpc) is 2.27. The second-order valence-corrected chi connectivity index (χ2v) is 4.71. The molecule has 0 fully saturated rings. The second-order valence-electron chi connectivity index (χ2n) is 4.27. The van der Waals surface area contributed by atoms with Gasteiger partial charge in [0.1, 0.15) is 0 Å². The van der Waals surface area contributed by atoms with Crippen molar-refractivity contribution in [1.29, 1.82) is 0 Å². The Morgan fingerprint density at radius 2 is 1.94 bits per heavy atom. The number of halogens is 1. The van der Waals surface area contributed by atoms with Gasteiger partial charge in [0, 0.05) is 23.5 Å². The lowest BCUT2D eigenvalue weighted by Crippen LogP contribution is -2.29. The highest BCUT2D eigenvalue weighted by Gasteiger charge is 2.10. The molecule has 0 amide bonds. The first-order valence-corrected chi connectivity index (χ1v) is 6.10. The highest BCUT2D eigenvalue weighted by atomic mass is 35.5. The maximum absolute atomic E-state index is 10.5. The molecule has 0 aliphatic heterocycles. The maximum Gasteiger partial charge on any atom is 0.303 e. The molecule has 2 N–H and O–H groups in total. The van der Waals surface area contributed by atoms with Gasteiger partial charge in [-0.3, -0.25) is 4.79 Å². The van der Waals surface area contributed by atoms with Crippen molar-refractivity contribution < 1.29 is 9.90 Å². The summed E-state index contributed by atoms with van der Waals surface area (Å²) in [6, 6.07) is 8.04. The molecule has 3 nitrogen and oxygen atoms in total. The van der Waals surface area contributed by atoms with Crippen LogP contribution in [0.1, 0.15) is 38.3 Å². The van der Waals surface area contributed by atoms with Crippen molar-refractivity contribution in [2.45, 2.75) is 38.8 Å². The number of carboxylic acid groups (broad SMARTS) is 1. The molecule has 0 saturated carbocycles. The van der Waals surface area contributed by atoms with Crippen LogP contribution in [-0.2, 0) is 4.79 Å². The van der Waals surface area contributed by atoms with Crippen LogP contribution in [0.5, 0.6) is 0 Å². The lowest BCUT2D eigenvalue weighted by atomic mass is 10.1. The van der Waals surface area contributed by atoms with Gasteiger partial charge in [-0.05, 0) is 38.0 Å². The van der Waals surface area contributed by atoms with Crippen molar-refractivity contribution in [1.82, 2.24) is 5.32 Å². The Balaban J connectivity index is 2.45. The van der Waals surface area contributed by atoms with E-state index in [9.17, 15) is 4.79 Å². The standard InChI is InChI=1S/C13H18ClNO2/c1-9(3-8-13(16)17)15-10(2)11-4-6-12(14)7-5-11/h4-7,9-10,15H,3,8H2,1-2H3,(H,16,17)/t9?,10-/m0/s1. The Bertz CT molecular complexity index is 364. The molecule has 2 atom stereocenters. The van der Waals surface area contributed by atoms with E-state index in [0.717, 1.165) is 10.6 Å². The molecule has 0 spiro atoms. The largest absolute Gasteiger partial charge is 0.481 e. The van der Waals surface area contributed by atoms with Gasteiger partial charge in [0.25, 0.3) is 0 Å². The van der Waals surface area contributed by atoms with E-state index >= 15 is 0 Å². The Morgan fingerprint density at radius 1 is 1.35 bits per heavy atom. The second kappa shape index (κ2) is 6.62. The van der Waals surface area contributed by atoms with Crippen molar-refractivity contribution in [2.24, 2.45) is 0 Å². The number of nitrogens with one attached hydrogen (secondary N) is 1. The van der Waals surface area contributed by atoms with E-state index in [4.69, 9.17) is 16.7 Å². The highest BCUT2D eigenvalue weighted by molar-refractivity contribution is 6.30. The maximum atomic E-state index is 10.5. The van der Waals surface area contributed by atoms with E-state index in [-0.39, 0.29) is 18.5 Å². The summed E-state index contributed by atoms with van der Waals surface area (Å²) in [7, 11) is 0. The molecule has 1 unspecified atom stereocenters. The molecule has 17 heavy (non-hydrogen) atoms. The van der Waals surface area contributed by atoms with Crippen LogP contribution in [0.3, 0.4) is 0 Å². The van der Waals surface area contributed by atoms with Gasteiger partial charge in [-0.25, -0.2) is 0 Å². The molecule has 0 aromatic heterocycles. The van der Waals surface area contributed by atoms with E-state index in [1.807, 2.05) is 31.2 Å². The first-order valence-electron chi connectivity index (χ1n) is 5.72. The minimum Gasteiger partial charge on any atom is -0.481 e. The van der Waals surface area contributed by atoms with Gasteiger partial charge in [0.2, 0.25) is 0 Å². The van der Waals surface area contributed by atoms with Gasteiger partial charge < -0.3 is 10.4 Å². The molecule has 94 valence electrons. The van der Waals surface area contributed by atoms with Gasteiger partial charge in [0.05, 0.1) is 0 Å². The predicted molar refractivity (Wildman–Crippen MR) is 69.3 cm³/mol. The van der Waals surface area contributed by atoms with Crippen molar-refractivity contribution in [2.75, 3.05) is 0 Å². The number of carboxylic acids is 1.